The third-order valence-corrected chi connectivity index (χ3v) is 3.38. The van der Waals surface area contributed by atoms with Gasteiger partial charge >= 0.3 is 5.97 Å². The predicted octanol–water partition coefficient (Wildman–Crippen LogP) is 3.57. The van der Waals surface area contributed by atoms with E-state index in [2.05, 4.69) is 26.7 Å². The number of halogens is 1. The molecule has 0 amide bonds. The van der Waals surface area contributed by atoms with Crippen molar-refractivity contribution in [3.8, 4) is 6.07 Å². The first kappa shape index (κ1) is 14.5. The van der Waals surface area contributed by atoms with Gasteiger partial charge in [0, 0.05) is 10.0 Å². The molecular weight excluding hydrogens is 294 g/mol. The van der Waals surface area contributed by atoms with Gasteiger partial charge < -0.3 is 4.74 Å². The number of hydrogen-bond donors (Lipinski definition) is 0. The molecule has 0 saturated carbocycles. The van der Waals surface area contributed by atoms with Gasteiger partial charge in [0.15, 0.2) is 0 Å². The molecule has 0 radical (unpaired) electrons. The van der Waals surface area contributed by atoms with Crippen LogP contribution in [0.2, 0.25) is 0 Å². The predicted molar refractivity (Wildman–Crippen MR) is 72.9 cm³/mol. The third kappa shape index (κ3) is 3.44. The molecule has 4 heteroatoms. The molecule has 1 rings (SSSR count). The quantitative estimate of drug-likeness (QED) is 0.631. The molecule has 1 aromatic carbocycles. The maximum atomic E-state index is 11.5. The summed E-state index contributed by atoms with van der Waals surface area (Å²) in [6, 6.07) is 9.74. The van der Waals surface area contributed by atoms with Gasteiger partial charge in [-0.1, -0.05) is 40.2 Å². The van der Waals surface area contributed by atoms with Gasteiger partial charge in [0.25, 0.3) is 0 Å². The lowest BCUT2D eigenvalue weighted by atomic mass is 9.93. The number of allylic oxidation sites excluding steroid dienone is 1. The first-order valence-corrected chi connectivity index (χ1v) is 6.30. The molecule has 0 N–H and O–H groups in total. The number of esters is 1. The van der Waals surface area contributed by atoms with E-state index in [0.717, 1.165) is 10.0 Å². The molecule has 1 atom stereocenters. The summed E-state index contributed by atoms with van der Waals surface area (Å²) in [7, 11) is 1.34. The van der Waals surface area contributed by atoms with Crippen molar-refractivity contribution < 1.29 is 9.53 Å². The van der Waals surface area contributed by atoms with E-state index in [1.807, 2.05) is 24.3 Å². The molecular formula is C14H14BrNO2. The average molecular weight is 308 g/mol. The van der Waals surface area contributed by atoms with E-state index < -0.39 is 0 Å². The van der Waals surface area contributed by atoms with Crippen LogP contribution in [0, 0.1) is 11.3 Å². The fourth-order valence-electron chi connectivity index (χ4n) is 1.65. The van der Waals surface area contributed by atoms with Gasteiger partial charge in [-0.2, -0.15) is 5.26 Å². The van der Waals surface area contributed by atoms with Crippen molar-refractivity contribution in [3.05, 3.63) is 46.0 Å². The normalized spacial score (nSPS) is 12.7. The Balaban J connectivity index is 2.97. The highest BCUT2D eigenvalue weighted by atomic mass is 79.9. The Labute approximate surface area is 115 Å². The van der Waals surface area contributed by atoms with Crippen LogP contribution in [0.5, 0.6) is 0 Å². The monoisotopic (exact) mass is 307 g/mol. The minimum Gasteiger partial charge on any atom is -0.466 e. The number of ether oxygens (including phenoxy) is 1. The number of benzene rings is 1. The second-order valence-electron chi connectivity index (χ2n) is 3.71. The number of nitriles is 1. The fraction of sp³-hybridized carbons (Fsp3) is 0.286. The molecule has 0 saturated heterocycles. The second-order valence-corrected chi connectivity index (χ2v) is 4.57. The van der Waals surface area contributed by atoms with Crippen LogP contribution >= 0.6 is 15.9 Å². The van der Waals surface area contributed by atoms with Gasteiger partial charge in [0.1, 0.15) is 0 Å². The van der Waals surface area contributed by atoms with Crippen molar-refractivity contribution in [1.29, 1.82) is 5.26 Å². The summed E-state index contributed by atoms with van der Waals surface area (Å²) in [6.07, 6.45) is 2.04. The van der Waals surface area contributed by atoms with Crippen LogP contribution in [0.4, 0.5) is 0 Å². The molecule has 3 nitrogen and oxygen atoms in total. The Morgan fingerprint density at radius 3 is 2.72 bits per heavy atom. The molecule has 18 heavy (non-hydrogen) atoms. The minimum atomic E-state index is -0.384. The lowest BCUT2D eigenvalue weighted by molar-refractivity contribution is -0.136. The van der Waals surface area contributed by atoms with Crippen molar-refractivity contribution in [3.63, 3.8) is 0 Å². The summed E-state index contributed by atoms with van der Waals surface area (Å²) >= 11 is 3.42. The Hall–Kier alpha value is -1.60. The van der Waals surface area contributed by atoms with Crippen molar-refractivity contribution in [2.45, 2.75) is 19.3 Å². The van der Waals surface area contributed by atoms with E-state index in [1.54, 1.807) is 13.0 Å². The molecule has 1 unspecified atom stereocenters. The van der Waals surface area contributed by atoms with E-state index in [9.17, 15) is 10.1 Å². The molecule has 0 aliphatic heterocycles. The largest absolute Gasteiger partial charge is 0.466 e. The van der Waals surface area contributed by atoms with Crippen molar-refractivity contribution in [2.24, 2.45) is 0 Å². The maximum absolute atomic E-state index is 11.5. The molecule has 0 aliphatic carbocycles. The van der Waals surface area contributed by atoms with Gasteiger partial charge in [-0.05, 0) is 25.0 Å². The minimum absolute atomic E-state index is 0.349. The summed E-state index contributed by atoms with van der Waals surface area (Å²) in [6.45, 7) is 1.76. The summed E-state index contributed by atoms with van der Waals surface area (Å²) in [5.41, 5.74) is 1.39. The number of nitrogens with zero attached hydrogens (tertiary/aromatic N) is 1. The summed E-state index contributed by atoms with van der Waals surface area (Å²) in [4.78, 5) is 11.5. The Morgan fingerprint density at radius 2 is 2.22 bits per heavy atom. The zero-order chi connectivity index (χ0) is 13.5. The van der Waals surface area contributed by atoms with Crippen LogP contribution in [-0.2, 0) is 9.53 Å². The Kier molecular flexibility index (Phi) is 5.60. The fourth-order valence-corrected chi connectivity index (χ4v) is 2.21. The number of carbonyl (C=O) groups is 1. The summed E-state index contributed by atoms with van der Waals surface area (Å²) < 4.78 is 5.56. The molecule has 94 valence electrons. The van der Waals surface area contributed by atoms with Gasteiger partial charge in [-0.15, -0.1) is 0 Å². The van der Waals surface area contributed by atoms with E-state index in [0.29, 0.717) is 12.0 Å². The van der Waals surface area contributed by atoms with Crippen LogP contribution in [0.15, 0.2) is 40.4 Å². The van der Waals surface area contributed by atoms with Gasteiger partial charge in [-0.25, -0.2) is 4.79 Å². The highest BCUT2D eigenvalue weighted by molar-refractivity contribution is 9.10. The summed E-state index contributed by atoms with van der Waals surface area (Å²) in [5.74, 6) is -0.754. The average Bonchev–Trinajstić information content (AvgIpc) is 2.40. The van der Waals surface area contributed by atoms with Crippen LogP contribution in [-0.4, -0.2) is 13.1 Å². The Bertz CT molecular complexity index is 503. The van der Waals surface area contributed by atoms with E-state index in [-0.39, 0.29) is 11.9 Å². The highest BCUT2D eigenvalue weighted by Gasteiger charge is 2.19. The number of carbonyl (C=O) groups excluding carboxylic acids is 1. The van der Waals surface area contributed by atoms with Crippen LogP contribution in [0.25, 0.3) is 0 Å². The molecule has 0 aromatic heterocycles. The van der Waals surface area contributed by atoms with Gasteiger partial charge in [0.05, 0.1) is 19.1 Å². The summed E-state index contributed by atoms with van der Waals surface area (Å²) in [5, 5.41) is 9.25. The molecule has 0 heterocycles. The van der Waals surface area contributed by atoms with Crippen molar-refractivity contribution in [2.75, 3.05) is 7.11 Å². The van der Waals surface area contributed by atoms with Crippen molar-refractivity contribution >= 4 is 21.9 Å². The number of hydrogen-bond acceptors (Lipinski definition) is 3. The molecule has 0 aliphatic rings. The van der Waals surface area contributed by atoms with Crippen LogP contribution in [0.3, 0.4) is 0 Å². The lowest BCUT2D eigenvalue weighted by Crippen LogP contribution is -2.09. The van der Waals surface area contributed by atoms with Gasteiger partial charge in [-0.3, -0.25) is 0 Å². The standard InChI is InChI=1S/C14H14BrNO2/c1-3-10(14(17)18-2)8-11(9-16)12-6-4-5-7-13(12)15/h3-7,11H,8H2,1-2H3/b10-3-. The topological polar surface area (TPSA) is 50.1 Å². The van der Waals surface area contributed by atoms with E-state index in [4.69, 9.17) is 0 Å². The first-order chi connectivity index (χ1) is 8.63. The smallest absolute Gasteiger partial charge is 0.333 e. The zero-order valence-corrected chi connectivity index (χ0v) is 11.9. The van der Waals surface area contributed by atoms with Gasteiger partial charge in [0.2, 0.25) is 0 Å². The zero-order valence-electron chi connectivity index (χ0n) is 10.3. The molecule has 0 bridgehead atoms. The lowest BCUT2D eigenvalue weighted by Gasteiger charge is -2.12. The SMILES string of the molecule is C/C=C(/CC(C#N)c1ccccc1Br)C(=O)OC. The maximum Gasteiger partial charge on any atom is 0.333 e. The Morgan fingerprint density at radius 1 is 1.56 bits per heavy atom. The third-order valence-electron chi connectivity index (χ3n) is 2.66. The molecule has 1 aromatic rings. The highest BCUT2D eigenvalue weighted by Crippen LogP contribution is 2.29. The second kappa shape index (κ2) is 6.97. The molecule has 0 spiro atoms. The number of rotatable bonds is 4. The van der Waals surface area contributed by atoms with E-state index >= 15 is 0 Å². The van der Waals surface area contributed by atoms with E-state index in [1.165, 1.54) is 7.11 Å². The van der Waals surface area contributed by atoms with Crippen LogP contribution < -0.4 is 0 Å². The molecule has 0 fully saturated rings. The number of methoxy groups -OCH3 is 1. The van der Waals surface area contributed by atoms with Crippen LogP contribution in [0.1, 0.15) is 24.8 Å². The first-order valence-electron chi connectivity index (χ1n) is 5.51. The van der Waals surface area contributed by atoms with Crippen molar-refractivity contribution in [1.82, 2.24) is 0 Å².